The fourth-order valence-corrected chi connectivity index (χ4v) is 2.23. The highest BCUT2D eigenvalue weighted by atomic mass is 19.4. The van der Waals surface area contributed by atoms with Crippen LogP contribution in [0.2, 0.25) is 0 Å². The molecule has 156 valence electrons. The second-order valence-electron chi connectivity index (χ2n) is 6.01. The summed E-state index contributed by atoms with van der Waals surface area (Å²) in [7, 11) is 1.43. The Bertz CT molecular complexity index is 867. The maximum atomic E-state index is 12.2. The molecule has 29 heavy (non-hydrogen) atoms. The van der Waals surface area contributed by atoms with Crippen LogP contribution in [0.5, 0.6) is 17.2 Å². The number of alkyl halides is 3. The standard InChI is InChI=1S/C19H19F3N2O5/c1-11(2)28-15-9-6-13(10-16(15)27-3)18(26)24-23-17(25)12-4-7-14(8-5-12)29-19(20,21)22/h4-11H,1-3H3,(H,23,25)(H,24,26). The maximum absolute atomic E-state index is 12.2. The molecule has 0 unspecified atom stereocenters. The Morgan fingerprint density at radius 2 is 1.45 bits per heavy atom. The molecule has 0 spiro atoms. The Morgan fingerprint density at radius 3 is 1.97 bits per heavy atom. The van der Waals surface area contributed by atoms with Crippen molar-refractivity contribution < 1.29 is 37.0 Å². The Kier molecular flexibility index (Phi) is 6.92. The van der Waals surface area contributed by atoms with E-state index in [9.17, 15) is 22.8 Å². The molecule has 0 aliphatic rings. The molecule has 2 rings (SSSR count). The average molecular weight is 412 g/mol. The van der Waals surface area contributed by atoms with E-state index in [0.717, 1.165) is 24.3 Å². The van der Waals surface area contributed by atoms with Crippen LogP contribution < -0.4 is 25.1 Å². The van der Waals surface area contributed by atoms with Crippen molar-refractivity contribution in [3.05, 3.63) is 53.6 Å². The van der Waals surface area contributed by atoms with Gasteiger partial charge in [0.25, 0.3) is 11.8 Å². The fourth-order valence-electron chi connectivity index (χ4n) is 2.23. The van der Waals surface area contributed by atoms with Gasteiger partial charge in [0.2, 0.25) is 0 Å². The summed E-state index contributed by atoms with van der Waals surface area (Å²) in [4.78, 5) is 24.3. The summed E-state index contributed by atoms with van der Waals surface area (Å²) in [6.07, 6.45) is -4.91. The van der Waals surface area contributed by atoms with E-state index in [1.807, 2.05) is 13.8 Å². The number of carbonyl (C=O) groups excluding carboxylic acids is 2. The van der Waals surface area contributed by atoms with E-state index in [1.165, 1.54) is 19.2 Å². The van der Waals surface area contributed by atoms with Crippen molar-refractivity contribution in [2.45, 2.75) is 26.3 Å². The predicted molar refractivity (Wildman–Crippen MR) is 96.8 cm³/mol. The summed E-state index contributed by atoms with van der Waals surface area (Å²) in [5, 5.41) is 0. The highest BCUT2D eigenvalue weighted by Crippen LogP contribution is 2.29. The molecule has 0 atom stereocenters. The van der Waals surface area contributed by atoms with Crippen molar-refractivity contribution in [2.75, 3.05) is 7.11 Å². The lowest BCUT2D eigenvalue weighted by Gasteiger charge is -2.14. The molecular formula is C19H19F3N2O5. The molecule has 0 saturated heterocycles. The van der Waals surface area contributed by atoms with Gasteiger partial charge in [0, 0.05) is 11.1 Å². The molecule has 0 heterocycles. The van der Waals surface area contributed by atoms with E-state index in [2.05, 4.69) is 15.6 Å². The summed E-state index contributed by atoms with van der Waals surface area (Å²) in [6.45, 7) is 3.69. The van der Waals surface area contributed by atoms with Crippen LogP contribution in [-0.2, 0) is 0 Å². The number of carbonyl (C=O) groups is 2. The molecule has 0 bridgehead atoms. The zero-order valence-corrected chi connectivity index (χ0v) is 15.8. The average Bonchev–Trinajstić information content (AvgIpc) is 2.65. The zero-order valence-electron chi connectivity index (χ0n) is 15.8. The van der Waals surface area contributed by atoms with E-state index < -0.39 is 23.9 Å². The summed E-state index contributed by atoms with van der Waals surface area (Å²) in [5.41, 5.74) is 4.62. The van der Waals surface area contributed by atoms with Crippen molar-refractivity contribution in [3.8, 4) is 17.2 Å². The SMILES string of the molecule is COc1cc(C(=O)NNC(=O)c2ccc(OC(F)(F)F)cc2)ccc1OC(C)C. The number of hydrogen-bond donors (Lipinski definition) is 2. The van der Waals surface area contributed by atoms with E-state index in [4.69, 9.17) is 9.47 Å². The molecule has 0 aliphatic carbocycles. The van der Waals surface area contributed by atoms with Crippen molar-refractivity contribution >= 4 is 11.8 Å². The number of methoxy groups -OCH3 is 1. The van der Waals surface area contributed by atoms with Gasteiger partial charge in [0.15, 0.2) is 11.5 Å². The minimum absolute atomic E-state index is 0.0260. The lowest BCUT2D eigenvalue weighted by Crippen LogP contribution is -2.41. The van der Waals surface area contributed by atoms with E-state index in [-0.39, 0.29) is 17.2 Å². The van der Waals surface area contributed by atoms with Gasteiger partial charge in [-0.25, -0.2) is 0 Å². The summed E-state index contributed by atoms with van der Waals surface area (Å²) < 4.78 is 50.9. The normalized spacial score (nSPS) is 11.0. The number of rotatable bonds is 6. The van der Waals surface area contributed by atoms with Gasteiger partial charge in [-0.15, -0.1) is 13.2 Å². The van der Waals surface area contributed by atoms with Crippen LogP contribution in [0.3, 0.4) is 0 Å². The molecule has 7 nitrogen and oxygen atoms in total. The van der Waals surface area contributed by atoms with Gasteiger partial charge in [-0.1, -0.05) is 0 Å². The Labute approximate surface area is 164 Å². The smallest absolute Gasteiger partial charge is 0.493 e. The first kappa shape index (κ1) is 21.9. The third kappa shape index (κ3) is 6.59. The first-order valence-corrected chi connectivity index (χ1v) is 8.40. The van der Waals surface area contributed by atoms with E-state index in [1.54, 1.807) is 6.07 Å². The molecule has 10 heteroatoms. The van der Waals surface area contributed by atoms with Crippen LogP contribution in [0.25, 0.3) is 0 Å². The second kappa shape index (κ2) is 9.18. The van der Waals surface area contributed by atoms with Gasteiger partial charge in [-0.3, -0.25) is 20.4 Å². The van der Waals surface area contributed by atoms with Crippen LogP contribution in [-0.4, -0.2) is 31.4 Å². The molecule has 0 saturated carbocycles. The van der Waals surface area contributed by atoms with Gasteiger partial charge in [0.1, 0.15) is 5.75 Å². The largest absolute Gasteiger partial charge is 0.573 e. The topological polar surface area (TPSA) is 85.9 Å². The maximum Gasteiger partial charge on any atom is 0.573 e. The molecule has 0 fully saturated rings. The van der Waals surface area contributed by atoms with Crippen LogP contribution in [0.4, 0.5) is 13.2 Å². The molecule has 2 aromatic rings. The van der Waals surface area contributed by atoms with Crippen LogP contribution in [0.15, 0.2) is 42.5 Å². The minimum Gasteiger partial charge on any atom is -0.493 e. The van der Waals surface area contributed by atoms with Gasteiger partial charge in [0.05, 0.1) is 13.2 Å². The number of ether oxygens (including phenoxy) is 3. The van der Waals surface area contributed by atoms with E-state index in [0.29, 0.717) is 11.5 Å². The molecule has 2 aromatic carbocycles. The molecule has 0 aliphatic heterocycles. The molecule has 0 radical (unpaired) electrons. The molecule has 0 aromatic heterocycles. The number of hydrogen-bond acceptors (Lipinski definition) is 5. The number of amides is 2. The second-order valence-corrected chi connectivity index (χ2v) is 6.01. The first-order valence-electron chi connectivity index (χ1n) is 8.40. The lowest BCUT2D eigenvalue weighted by molar-refractivity contribution is -0.274. The van der Waals surface area contributed by atoms with Crippen LogP contribution in [0.1, 0.15) is 34.6 Å². The highest BCUT2D eigenvalue weighted by molar-refractivity contribution is 5.99. The van der Waals surface area contributed by atoms with Gasteiger partial charge in [-0.2, -0.15) is 0 Å². The molecule has 2 amide bonds. The number of halogens is 3. The third-order valence-corrected chi connectivity index (χ3v) is 3.43. The van der Waals surface area contributed by atoms with Crippen molar-refractivity contribution in [1.29, 1.82) is 0 Å². The van der Waals surface area contributed by atoms with Gasteiger partial charge >= 0.3 is 6.36 Å². The van der Waals surface area contributed by atoms with Gasteiger partial charge in [-0.05, 0) is 56.3 Å². The van der Waals surface area contributed by atoms with Crippen molar-refractivity contribution in [1.82, 2.24) is 10.9 Å². The quantitative estimate of drug-likeness (QED) is 0.710. The number of hydrazine groups is 1. The Hall–Kier alpha value is -3.43. The highest BCUT2D eigenvalue weighted by Gasteiger charge is 2.31. The summed E-state index contributed by atoms with van der Waals surface area (Å²) in [6, 6.07) is 8.74. The van der Waals surface area contributed by atoms with Gasteiger partial charge < -0.3 is 14.2 Å². The summed E-state index contributed by atoms with van der Waals surface area (Å²) in [5.74, 6) is -0.996. The Morgan fingerprint density at radius 1 is 0.897 bits per heavy atom. The minimum atomic E-state index is -4.82. The predicted octanol–water partition coefficient (Wildman–Crippen LogP) is 3.46. The van der Waals surface area contributed by atoms with E-state index >= 15 is 0 Å². The fraction of sp³-hybridized carbons (Fsp3) is 0.263. The van der Waals surface area contributed by atoms with Crippen LogP contribution >= 0.6 is 0 Å². The van der Waals surface area contributed by atoms with Crippen LogP contribution in [0, 0.1) is 0 Å². The first-order chi connectivity index (χ1) is 13.6. The van der Waals surface area contributed by atoms with Crippen molar-refractivity contribution in [3.63, 3.8) is 0 Å². The zero-order chi connectivity index (χ0) is 21.6. The number of benzene rings is 2. The third-order valence-electron chi connectivity index (χ3n) is 3.43. The Balaban J connectivity index is 1.98. The summed E-state index contributed by atoms with van der Waals surface area (Å²) >= 11 is 0. The molecule has 2 N–H and O–H groups in total. The van der Waals surface area contributed by atoms with Crippen molar-refractivity contribution in [2.24, 2.45) is 0 Å². The lowest BCUT2D eigenvalue weighted by atomic mass is 10.2. The monoisotopic (exact) mass is 412 g/mol. The number of nitrogens with one attached hydrogen (secondary N) is 2. The molecular weight excluding hydrogens is 393 g/mol.